The van der Waals surface area contributed by atoms with Crippen molar-refractivity contribution in [2.75, 3.05) is 0 Å². The van der Waals surface area contributed by atoms with E-state index in [2.05, 4.69) is 27.0 Å². The van der Waals surface area contributed by atoms with Crippen LogP contribution in [0.4, 0.5) is 0 Å². The van der Waals surface area contributed by atoms with Crippen LogP contribution in [0.5, 0.6) is 0 Å². The lowest BCUT2D eigenvalue weighted by Gasteiger charge is -2.04. The van der Waals surface area contributed by atoms with Gasteiger partial charge in [0.15, 0.2) is 0 Å². The molecule has 1 aliphatic carbocycles. The summed E-state index contributed by atoms with van der Waals surface area (Å²) in [6.45, 7) is 0.793. The van der Waals surface area contributed by atoms with E-state index in [0.29, 0.717) is 11.2 Å². The van der Waals surface area contributed by atoms with Gasteiger partial charge in [-0.15, -0.1) is 10.2 Å². The summed E-state index contributed by atoms with van der Waals surface area (Å²) in [7, 11) is 0. The Labute approximate surface area is 96.7 Å². The SMILES string of the molecule is Clc1nnc(C2CC2)n1Cc1ccsc1. The summed E-state index contributed by atoms with van der Waals surface area (Å²) in [5.74, 6) is 1.63. The minimum atomic E-state index is 0.503. The third-order valence-corrected chi connectivity index (χ3v) is 3.61. The maximum absolute atomic E-state index is 6.03. The molecule has 15 heavy (non-hydrogen) atoms. The Bertz CT molecular complexity index is 459. The predicted molar refractivity (Wildman–Crippen MR) is 60.4 cm³/mol. The van der Waals surface area contributed by atoms with Crippen molar-refractivity contribution in [1.82, 2.24) is 14.8 Å². The molecule has 5 heteroatoms. The quantitative estimate of drug-likeness (QED) is 0.825. The zero-order valence-corrected chi connectivity index (χ0v) is 9.63. The molecule has 1 aliphatic rings. The van der Waals surface area contributed by atoms with Crippen molar-refractivity contribution < 1.29 is 0 Å². The summed E-state index contributed by atoms with van der Waals surface area (Å²) in [6, 6.07) is 2.11. The van der Waals surface area contributed by atoms with Gasteiger partial charge in [0, 0.05) is 5.92 Å². The normalized spacial score (nSPS) is 15.8. The van der Waals surface area contributed by atoms with Crippen molar-refractivity contribution in [3.63, 3.8) is 0 Å². The van der Waals surface area contributed by atoms with Crippen molar-refractivity contribution in [2.24, 2.45) is 0 Å². The maximum atomic E-state index is 6.03. The number of rotatable bonds is 3. The fraction of sp³-hybridized carbons (Fsp3) is 0.400. The van der Waals surface area contributed by atoms with Crippen LogP contribution in [0.1, 0.15) is 30.1 Å². The molecule has 0 aliphatic heterocycles. The molecule has 2 aromatic rings. The highest BCUT2D eigenvalue weighted by atomic mass is 35.5. The van der Waals surface area contributed by atoms with Crippen LogP contribution in [0.25, 0.3) is 0 Å². The lowest BCUT2D eigenvalue weighted by molar-refractivity contribution is 0.729. The van der Waals surface area contributed by atoms with E-state index < -0.39 is 0 Å². The molecule has 3 nitrogen and oxygen atoms in total. The number of nitrogens with zero attached hydrogens (tertiary/aromatic N) is 3. The third-order valence-electron chi connectivity index (χ3n) is 2.60. The molecule has 2 heterocycles. The van der Waals surface area contributed by atoms with Gasteiger partial charge in [0.1, 0.15) is 5.82 Å². The molecular formula is C10H10ClN3S. The first-order chi connectivity index (χ1) is 7.34. The van der Waals surface area contributed by atoms with E-state index >= 15 is 0 Å². The lowest BCUT2D eigenvalue weighted by Crippen LogP contribution is -2.03. The van der Waals surface area contributed by atoms with E-state index in [1.54, 1.807) is 11.3 Å². The summed E-state index contributed by atoms with van der Waals surface area (Å²) in [4.78, 5) is 0. The van der Waals surface area contributed by atoms with Crippen LogP contribution in [-0.2, 0) is 6.54 Å². The Morgan fingerprint density at radius 2 is 2.33 bits per heavy atom. The first-order valence-corrected chi connectivity index (χ1v) is 6.26. The molecule has 2 aromatic heterocycles. The second-order valence-electron chi connectivity index (χ2n) is 3.82. The van der Waals surface area contributed by atoms with E-state index in [0.717, 1.165) is 12.4 Å². The average Bonchev–Trinajstić information content (AvgIpc) is 2.82. The van der Waals surface area contributed by atoms with Crippen LogP contribution < -0.4 is 0 Å². The molecule has 3 rings (SSSR count). The van der Waals surface area contributed by atoms with Crippen molar-refractivity contribution in [1.29, 1.82) is 0 Å². The van der Waals surface area contributed by atoms with E-state index in [1.165, 1.54) is 18.4 Å². The third kappa shape index (κ3) is 1.79. The number of halogens is 1. The van der Waals surface area contributed by atoms with Gasteiger partial charge in [-0.2, -0.15) is 11.3 Å². The van der Waals surface area contributed by atoms with Crippen LogP contribution in [0.3, 0.4) is 0 Å². The van der Waals surface area contributed by atoms with Gasteiger partial charge >= 0.3 is 0 Å². The van der Waals surface area contributed by atoms with Crippen molar-refractivity contribution in [3.05, 3.63) is 33.5 Å². The summed E-state index contributed by atoms with van der Waals surface area (Å²) in [5.41, 5.74) is 1.27. The highest BCUT2D eigenvalue weighted by Gasteiger charge is 2.29. The van der Waals surface area contributed by atoms with E-state index in [-0.39, 0.29) is 0 Å². The van der Waals surface area contributed by atoms with Gasteiger partial charge in [-0.05, 0) is 46.8 Å². The number of hydrogen-bond donors (Lipinski definition) is 0. The first kappa shape index (κ1) is 9.36. The molecular weight excluding hydrogens is 230 g/mol. The first-order valence-electron chi connectivity index (χ1n) is 4.94. The highest BCUT2D eigenvalue weighted by molar-refractivity contribution is 7.07. The zero-order valence-electron chi connectivity index (χ0n) is 8.06. The Balaban J connectivity index is 1.92. The van der Waals surface area contributed by atoms with Gasteiger partial charge in [-0.1, -0.05) is 0 Å². The van der Waals surface area contributed by atoms with Crippen LogP contribution in [0.2, 0.25) is 5.28 Å². The Hall–Kier alpha value is -0.870. The molecule has 0 bridgehead atoms. The molecule has 0 unspecified atom stereocenters. The Morgan fingerprint density at radius 3 is 3.00 bits per heavy atom. The summed E-state index contributed by atoms with van der Waals surface area (Å²) in [6.07, 6.45) is 2.44. The van der Waals surface area contributed by atoms with Gasteiger partial charge in [0.05, 0.1) is 6.54 Å². The number of thiophene rings is 1. The summed E-state index contributed by atoms with van der Waals surface area (Å²) < 4.78 is 2.02. The van der Waals surface area contributed by atoms with E-state index in [9.17, 15) is 0 Å². The van der Waals surface area contributed by atoms with Crippen LogP contribution in [0.15, 0.2) is 16.8 Å². The molecule has 0 aromatic carbocycles. The van der Waals surface area contributed by atoms with E-state index in [4.69, 9.17) is 11.6 Å². The fourth-order valence-electron chi connectivity index (χ4n) is 1.65. The smallest absolute Gasteiger partial charge is 0.225 e. The van der Waals surface area contributed by atoms with Gasteiger partial charge in [0.2, 0.25) is 5.28 Å². The van der Waals surface area contributed by atoms with Crippen molar-refractivity contribution in [3.8, 4) is 0 Å². The second-order valence-corrected chi connectivity index (χ2v) is 4.94. The molecule has 0 N–H and O–H groups in total. The maximum Gasteiger partial charge on any atom is 0.225 e. The molecule has 0 atom stereocenters. The summed E-state index contributed by atoms with van der Waals surface area (Å²) >= 11 is 7.73. The molecule has 0 amide bonds. The Kier molecular flexibility index (Phi) is 2.25. The van der Waals surface area contributed by atoms with Crippen molar-refractivity contribution in [2.45, 2.75) is 25.3 Å². The minimum Gasteiger partial charge on any atom is -0.297 e. The zero-order chi connectivity index (χ0) is 10.3. The topological polar surface area (TPSA) is 30.7 Å². The monoisotopic (exact) mass is 239 g/mol. The molecule has 0 spiro atoms. The molecule has 1 fully saturated rings. The highest BCUT2D eigenvalue weighted by Crippen LogP contribution is 2.39. The van der Waals surface area contributed by atoms with Gasteiger partial charge in [0.25, 0.3) is 0 Å². The number of hydrogen-bond acceptors (Lipinski definition) is 3. The molecule has 0 radical (unpaired) electrons. The van der Waals surface area contributed by atoms with E-state index in [1.807, 2.05) is 4.57 Å². The molecule has 1 saturated carbocycles. The fourth-order valence-corrected chi connectivity index (χ4v) is 2.49. The van der Waals surface area contributed by atoms with Crippen LogP contribution in [0, 0.1) is 0 Å². The second kappa shape index (κ2) is 3.61. The van der Waals surface area contributed by atoms with Crippen LogP contribution in [-0.4, -0.2) is 14.8 Å². The number of aromatic nitrogens is 3. The standard InChI is InChI=1S/C10H10ClN3S/c11-10-13-12-9(8-1-2-8)14(10)5-7-3-4-15-6-7/h3-4,6,8H,1-2,5H2. The largest absolute Gasteiger partial charge is 0.297 e. The average molecular weight is 240 g/mol. The lowest BCUT2D eigenvalue weighted by atomic mass is 10.3. The Morgan fingerprint density at radius 1 is 1.47 bits per heavy atom. The van der Waals surface area contributed by atoms with Gasteiger partial charge < -0.3 is 0 Å². The van der Waals surface area contributed by atoms with Crippen LogP contribution >= 0.6 is 22.9 Å². The molecule has 78 valence electrons. The van der Waals surface area contributed by atoms with Gasteiger partial charge in [-0.25, -0.2) is 0 Å². The summed E-state index contributed by atoms with van der Waals surface area (Å²) in [5, 5.41) is 12.8. The predicted octanol–water partition coefficient (Wildman–Crippen LogP) is 2.92. The minimum absolute atomic E-state index is 0.503. The molecule has 0 saturated heterocycles. The van der Waals surface area contributed by atoms with Gasteiger partial charge in [-0.3, -0.25) is 4.57 Å². The van der Waals surface area contributed by atoms with Crippen molar-refractivity contribution >= 4 is 22.9 Å².